The van der Waals surface area contributed by atoms with E-state index < -0.39 is 0 Å². The Labute approximate surface area is 178 Å². The molecule has 2 aromatic heterocycles. The van der Waals surface area contributed by atoms with Crippen LogP contribution in [-0.4, -0.2) is 26.7 Å². The number of nitrogens with zero attached hydrogens (tertiary/aromatic N) is 3. The Bertz CT molecular complexity index is 1220. The lowest BCUT2D eigenvalue weighted by molar-refractivity contribution is 0.0378. The van der Waals surface area contributed by atoms with Gasteiger partial charge < -0.3 is 4.74 Å². The summed E-state index contributed by atoms with van der Waals surface area (Å²) in [5.74, 6) is 0.352. The topological polar surface area (TPSA) is 56.5 Å². The molecule has 0 saturated heterocycles. The van der Waals surface area contributed by atoms with Crippen LogP contribution in [0.1, 0.15) is 35.3 Å². The molecule has 0 saturated carbocycles. The van der Waals surface area contributed by atoms with Gasteiger partial charge in [0.25, 0.3) is 0 Å². The van der Waals surface area contributed by atoms with Crippen molar-refractivity contribution in [1.29, 1.82) is 0 Å². The van der Waals surface area contributed by atoms with Crippen molar-refractivity contribution >= 4 is 45.9 Å². The van der Waals surface area contributed by atoms with Crippen molar-refractivity contribution < 1.29 is 9.53 Å². The number of thioether (sulfide) groups is 1. The molecule has 2 heterocycles. The monoisotopic (exact) mass is 425 g/mol. The predicted molar refractivity (Wildman–Crippen MR) is 117 cm³/mol. The molecule has 0 aliphatic carbocycles. The summed E-state index contributed by atoms with van der Waals surface area (Å²) in [6, 6.07) is 15.3. The van der Waals surface area contributed by atoms with E-state index in [2.05, 4.69) is 10.2 Å². The third-order valence-corrected chi connectivity index (χ3v) is 5.74. The molecule has 0 N–H and O–H groups in total. The summed E-state index contributed by atoms with van der Waals surface area (Å²) >= 11 is 7.76. The SMILES string of the molecule is Cc1cc2nnc(SCc3cccc(C(=O)OC(C)C)c3)n2c2ccc(Cl)cc12. The number of carbonyl (C=O) groups is 1. The minimum Gasteiger partial charge on any atom is -0.459 e. The van der Waals surface area contributed by atoms with Gasteiger partial charge in [0.2, 0.25) is 0 Å². The number of carbonyl (C=O) groups excluding carboxylic acids is 1. The highest BCUT2D eigenvalue weighted by Gasteiger charge is 2.13. The van der Waals surface area contributed by atoms with E-state index in [4.69, 9.17) is 16.3 Å². The second kappa shape index (κ2) is 8.05. The molecule has 5 nitrogen and oxygen atoms in total. The van der Waals surface area contributed by atoms with Crippen molar-refractivity contribution in [2.45, 2.75) is 37.8 Å². The Morgan fingerprint density at radius 1 is 1.17 bits per heavy atom. The summed E-state index contributed by atoms with van der Waals surface area (Å²) in [7, 11) is 0. The van der Waals surface area contributed by atoms with Gasteiger partial charge in [0.15, 0.2) is 10.8 Å². The summed E-state index contributed by atoms with van der Waals surface area (Å²) in [6.07, 6.45) is -0.145. The molecule has 0 bridgehead atoms. The van der Waals surface area contributed by atoms with Gasteiger partial charge in [-0.05, 0) is 68.3 Å². The van der Waals surface area contributed by atoms with Crippen LogP contribution in [-0.2, 0) is 10.5 Å². The molecule has 0 spiro atoms. The molecule has 2 aromatic carbocycles. The molecule has 0 atom stereocenters. The average molecular weight is 426 g/mol. The molecular formula is C22H20ClN3O2S. The number of hydrogen-bond acceptors (Lipinski definition) is 5. The third kappa shape index (κ3) is 4.09. The molecule has 148 valence electrons. The van der Waals surface area contributed by atoms with E-state index in [1.54, 1.807) is 17.8 Å². The molecule has 0 unspecified atom stereocenters. The summed E-state index contributed by atoms with van der Waals surface area (Å²) in [5.41, 5.74) is 4.50. The summed E-state index contributed by atoms with van der Waals surface area (Å²) in [4.78, 5) is 12.2. The second-order valence-electron chi connectivity index (χ2n) is 7.11. The van der Waals surface area contributed by atoms with Gasteiger partial charge in [-0.25, -0.2) is 4.79 Å². The Kier molecular flexibility index (Phi) is 5.48. The Hall–Kier alpha value is -2.57. The molecule has 4 rings (SSSR count). The summed E-state index contributed by atoms with van der Waals surface area (Å²) in [5, 5.41) is 11.3. The van der Waals surface area contributed by atoms with E-state index >= 15 is 0 Å². The van der Waals surface area contributed by atoms with E-state index in [1.807, 2.05) is 67.6 Å². The first kappa shape index (κ1) is 19.7. The highest BCUT2D eigenvalue weighted by molar-refractivity contribution is 7.98. The van der Waals surface area contributed by atoms with Crippen LogP contribution in [0.3, 0.4) is 0 Å². The number of esters is 1. The Morgan fingerprint density at radius 2 is 2.00 bits per heavy atom. The van der Waals surface area contributed by atoms with Crippen LogP contribution >= 0.6 is 23.4 Å². The van der Waals surface area contributed by atoms with Crippen LogP contribution in [0.2, 0.25) is 5.02 Å². The van der Waals surface area contributed by atoms with Crippen molar-refractivity contribution in [3.05, 3.63) is 70.2 Å². The smallest absolute Gasteiger partial charge is 0.338 e. The molecule has 0 aliphatic rings. The molecule has 29 heavy (non-hydrogen) atoms. The first-order valence-corrected chi connectivity index (χ1v) is 10.7. The Balaban J connectivity index is 1.63. The molecular weight excluding hydrogens is 406 g/mol. The fraction of sp³-hybridized carbons (Fsp3) is 0.227. The number of pyridine rings is 1. The van der Waals surface area contributed by atoms with E-state index in [0.29, 0.717) is 16.3 Å². The van der Waals surface area contributed by atoms with Crippen molar-refractivity contribution in [2.24, 2.45) is 0 Å². The number of aryl methyl sites for hydroxylation is 1. The van der Waals surface area contributed by atoms with Gasteiger partial charge in [0.1, 0.15) is 0 Å². The molecule has 7 heteroatoms. The van der Waals surface area contributed by atoms with Crippen molar-refractivity contribution in [3.8, 4) is 0 Å². The fourth-order valence-corrected chi connectivity index (χ4v) is 4.27. The summed E-state index contributed by atoms with van der Waals surface area (Å²) < 4.78 is 7.33. The number of aromatic nitrogens is 3. The first-order valence-electron chi connectivity index (χ1n) is 9.29. The van der Waals surface area contributed by atoms with Crippen molar-refractivity contribution in [3.63, 3.8) is 0 Å². The zero-order valence-electron chi connectivity index (χ0n) is 16.3. The zero-order valence-corrected chi connectivity index (χ0v) is 17.9. The molecule has 4 aromatic rings. The van der Waals surface area contributed by atoms with Crippen LogP contribution in [0, 0.1) is 6.92 Å². The maximum atomic E-state index is 12.2. The van der Waals surface area contributed by atoms with Gasteiger partial charge in [-0.3, -0.25) is 4.40 Å². The normalized spacial score (nSPS) is 11.5. The maximum absolute atomic E-state index is 12.2. The quantitative estimate of drug-likeness (QED) is 0.303. The zero-order chi connectivity index (χ0) is 20.5. The van der Waals surface area contributed by atoms with Gasteiger partial charge in [-0.2, -0.15) is 0 Å². The summed E-state index contributed by atoms with van der Waals surface area (Å²) in [6.45, 7) is 5.72. The number of ether oxygens (including phenoxy) is 1. The van der Waals surface area contributed by atoms with Crippen LogP contribution in [0.4, 0.5) is 0 Å². The standard InChI is InChI=1S/C22H20ClN3O2S/c1-13(2)28-21(27)16-6-4-5-15(10-16)12-29-22-25-24-20-9-14(3)18-11-17(23)7-8-19(18)26(20)22/h4-11,13H,12H2,1-3H3. The van der Waals surface area contributed by atoms with Gasteiger partial charge in [0.05, 0.1) is 17.2 Å². The fourth-order valence-electron chi connectivity index (χ4n) is 3.20. The van der Waals surface area contributed by atoms with E-state index in [0.717, 1.165) is 32.8 Å². The number of fused-ring (bicyclic) bond motifs is 3. The highest BCUT2D eigenvalue weighted by Crippen LogP contribution is 2.29. The largest absolute Gasteiger partial charge is 0.459 e. The van der Waals surface area contributed by atoms with Gasteiger partial charge >= 0.3 is 5.97 Å². The number of benzene rings is 2. The number of halogens is 1. The van der Waals surface area contributed by atoms with E-state index in [9.17, 15) is 4.79 Å². The lowest BCUT2D eigenvalue weighted by atomic mass is 10.1. The lowest BCUT2D eigenvalue weighted by Crippen LogP contribution is -2.11. The molecule has 0 fully saturated rings. The third-order valence-electron chi connectivity index (χ3n) is 4.50. The van der Waals surface area contributed by atoms with Crippen molar-refractivity contribution in [2.75, 3.05) is 0 Å². The van der Waals surface area contributed by atoms with Crippen LogP contribution in [0.5, 0.6) is 0 Å². The van der Waals surface area contributed by atoms with E-state index in [-0.39, 0.29) is 12.1 Å². The lowest BCUT2D eigenvalue weighted by Gasteiger charge is -2.09. The van der Waals surface area contributed by atoms with Gasteiger partial charge in [-0.1, -0.05) is 35.5 Å². The Morgan fingerprint density at radius 3 is 2.79 bits per heavy atom. The molecule has 0 aliphatic heterocycles. The van der Waals surface area contributed by atoms with Gasteiger partial charge in [-0.15, -0.1) is 10.2 Å². The minimum atomic E-state index is -0.307. The van der Waals surface area contributed by atoms with Crippen LogP contribution in [0.15, 0.2) is 53.7 Å². The first-order chi connectivity index (χ1) is 13.9. The molecule has 0 radical (unpaired) electrons. The maximum Gasteiger partial charge on any atom is 0.338 e. The van der Waals surface area contributed by atoms with Gasteiger partial charge in [0, 0.05) is 16.2 Å². The van der Waals surface area contributed by atoms with Crippen LogP contribution < -0.4 is 0 Å². The predicted octanol–water partition coefficient (Wildman–Crippen LogP) is 5.70. The highest BCUT2D eigenvalue weighted by atomic mass is 35.5. The number of hydrogen-bond donors (Lipinski definition) is 0. The number of rotatable bonds is 5. The van der Waals surface area contributed by atoms with E-state index in [1.165, 1.54) is 0 Å². The molecule has 0 amide bonds. The average Bonchev–Trinajstić information content (AvgIpc) is 3.09. The second-order valence-corrected chi connectivity index (χ2v) is 8.49. The van der Waals surface area contributed by atoms with Crippen LogP contribution in [0.25, 0.3) is 16.6 Å². The van der Waals surface area contributed by atoms with Crippen molar-refractivity contribution in [1.82, 2.24) is 14.6 Å². The minimum absolute atomic E-state index is 0.145.